The fourth-order valence-corrected chi connectivity index (χ4v) is 2.65. The molecule has 82 valence electrons. The van der Waals surface area contributed by atoms with E-state index < -0.39 is 15.8 Å². The van der Waals surface area contributed by atoms with Crippen LogP contribution >= 0.6 is 0 Å². The lowest BCUT2D eigenvalue weighted by Crippen LogP contribution is -2.41. The minimum absolute atomic E-state index is 0.0447. The van der Waals surface area contributed by atoms with Crippen molar-refractivity contribution in [2.75, 3.05) is 29.5 Å². The topological polar surface area (TPSA) is 63.2 Å². The van der Waals surface area contributed by atoms with Crippen molar-refractivity contribution in [1.29, 1.82) is 0 Å². The zero-order valence-electron chi connectivity index (χ0n) is 7.93. The van der Waals surface area contributed by atoms with Crippen LogP contribution in [0.3, 0.4) is 0 Å². The molecule has 5 nitrogen and oxygen atoms in total. The van der Waals surface area contributed by atoms with Crippen molar-refractivity contribution in [1.82, 2.24) is 9.97 Å². The minimum Gasteiger partial charge on any atom is -0.351 e. The smallest absolute Gasteiger partial charge is 0.255 e. The van der Waals surface area contributed by atoms with Crippen LogP contribution < -0.4 is 4.90 Å². The largest absolute Gasteiger partial charge is 0.351 e. The van der Waals surface area contributed by atoms with E-state index in [0.717, 1.165) is 0 Å². The second-order valence-electron chi connectivity index (χ2n) is 3.31. The molecule has 15 heavy (non-hydrogen) atoms. The standard InChI is InChI=1S/C8H10FN3O2S/c9-7-8(11-2-1-10-7)12-3-5-15(13,14)6-4-12/h1-2H,3-6H2. The van der Waals surface area contributed by atoms with Crippen molar-refractivity contribution in [2.24, 2.45) is 0 Å². The molecule has 0 spiro atoms. The number of rotatable bonds is 1. The Hall–Kier alpha value is -1.24. The van der Waals surface area contributed by atoms with Crippen molar-refractivity contribution >= 4 is 15.7 Å². The van der Waals surface area contributed by atoms with Gasteiger partial charge in [0.15, 0.2) is 15.7 Å². The molecule has 0 bridgehead atoms. The second-order valence-corrected chi connectivity index (χ2v) is 5.61. The van der Waals surface area contributed by atoms with E-state index in [1.165, 1.54) is 12.4 Å². The summed E-state index contributed by atoms with van der Waals surface area (Å²) in [6.45, 7) is 0.551. The lowest BCUT2D eigenvalue weighted by molar-refractivity contribution is 0.560. The van der Waals surface area contributed by atoms with Crippen LogP contribution in [0.2, 0.25) is 0 Å². The van der Waals surface area contributed by atoms with E-state index in [2.05, 4.69) is 9.97 Å². The molecule has 0 amide bonds. The number of hydrogen-bond donors (Lipinski definition) is 0. The molecule has 0 aliphatic carbocycles. The average Bonchev–Trinajstić information content (AvgIpc) is 2.19. The number of nitrogens with zero attached hydrogens (tertiary/aromatic N) is 3. The maximum absolute atomic E-state index is 13.2. The van der Waals surface area contributed by atoms with E-state index in [4.69, 9.17) is 0 Å². The van der Waals surface area contributed by atoms with Crippen LogP contribution in [0.4, 0.5) is 10.2 Å². The summed E-state index contributed by atoms with van der Waals surface area (Å²) in [4.78, 5) is 8.91. The van der Waals surface area contributed by atoms with Gasteiger partial charge in [0.1, 0.15) is 0 Å². The third kappa shape index (κ3) is 2.23. The fourth-order valence-electron chi connectivity index (χ4n) is 1.45. The summed E-state index contributed by atoms with van der Waals surface area (Å²) in [6, 6.07) is 0. The maximum Gasteiger partial charge on any atom is 0.255 e. The van der Waals surface area contributed by atoms with E-state index in [9.17, 15) is 12.8 Å². The van der Waals surface area contributed by atoms with Gasteiger partial charge >= 0.3 is 0 Å². The zero-order valence-corrected chi connectivity index (χ0v) is 8.74. The first-order chi connectivity index (χ1) is 7.08. The Morgan fingerprint density at radius 1 is 1.20 bits per heavy atom. The summed E-state index contributed by atoms with van der Waals surface area (Å²) < 4.78 is 35.5. The molecule has 0 aromatic carbocycles. The number of hydrogen-bond acceptors (Lipinski definition) is 5. The maximum atomic E-state index is 13.2. The molecule has 1 aromatic heterocycles. The van der Waals surface area contributed by atoms with Crippen LogP contribution in [0.15, 0.2) is 12.4 Å². The van der Waals surface area contributed by atoms with Crippen LogP contribution in [0, 0.1) is 5.95 Å². The van der Waals surface area contributed by atoms with E-state index >= 15 is 0 Å². The summed E-state index contributed by atoms with van der Waals surface area (Å²) in [7, 11) is -2.95. The molecule has 2 rings (SSSR count). The van der Waals surface area contributed by atoms with Crippen molar-refractivity contribution in [3.8, 4) is 0 Å². The first-order valence-electron chi connectivity index (χ1n) is 4.50. The monoisotopic (exact) mass is 231 g/mol. The van der Waals surface area contributed by atoms with Crippen molar-refractivity contribution < 1.29 is 12.8 Å². The molecule has 1 fully saturated rings. The highest BCUT2D eigenvalue weighted by Crippen LogP contribution is 2.15. The van der Waals surface area contributed by atoms with Crippen LogP contribution in [0.1, 0.15) is 0 Å². The number of anilines is 1. The van der Waals surface area contributed by atoms with Gasteiger partial charge in [-0.3, -0.25) is 0 Å². The van der Waals surface area contributed by atoms with Crippen molar-refractivity contribution in [2.45, 2.75) is 0 Å². The van der Waals surface area contributed by atoms with Gasteiger partial charge in [-0.05, 0) is 0 Å². The van der Waals surface area contributed by atoms with Gasteiger partial charge in [-0.25, -0.2) is 18.4 Å². The highest BCUT2D eigenvalue weighted by molar-refractivity contribution is 7.91. The van der Waals surface area contributed by atoms with Crippen molar-refractivity contribution in [3.05, 3.63) is 18.3 Å². The van der Waals surface area contributed by atoms with Gasteiger partial charge in [-0.15, -0.1) is 0 Å². The molecule has 7 heteroatoms. The normalized spacial score (nSPS) is 20.2. The lowest BCUT2D eigenvalue weighted by atomic mass is 10.4. The fraction of sp³-hybridized carbons (Fsp3) is 0.500. The predicted molar refractivity (Wildman–Crippen MR) is 52.9 cm³/mol. The first-order valence-corrected chi connectivity index (χ1v) is 6.32. The molecule has 1 aliphatic rings. The van der Waals surface area contributed by atoms with Gasteiger partial charge in [-0.1, -0.05) is 0 Å². The molecule has 0 saturated carbocycles. The third-order valence-electron chi connectivity index (χ3n) is 2.28. The number of sulfone groups is 1. The first kappa shape index (κ1) is 10.3. The Morgan fingerprint density at radius 2 is 1.80 bits per heavy atom. The minimum atomic E-state index is -2.95. The molecular formula is C8H10FN3O2S. The Morgan fingerprint density at radius 3 is 2.40 bits per heavy atom. The highest BCUT2D eigenvalue weighted by atomic mass is 32.2. The number of aromatic nitrogens is 2. The van der Waals surface area contributed by atoms with Crippen LogP contribution in [0.25, 0.3) is 0 Å². The van der Waals surface area contributed by atoms with E-state index in [1.54, 1.807) is 4.90 Å². The molecule has 1 saturated heterocycles. The Kier molecular flexibility index (Phi) is 2.56. The van der Waals surface area contributed by atoms with Crippen LogP contribution in [-0.4, -0.2) is 43.0 Å². The van der Waals surface area contributed by atoms with E-state index in [-0.39, 0.29) is 30.4 Å². The molecular weight excluding hydrogens is 221 g/mol. The molecule has 2 heterocycles. The van der Waals surface area contributed by atoms with Gasteiger partial charge in [-0.2, -0.15) is 4.39 Å². The molecule has 1 aliphatic heterocycles. The average molecular weight is 231 g/mol. The molecule has 1 aromatic rings. The Labute approximate surface area is 86.9 Å². The van der Waals surface area contributed by atoms with Gasteiger partial charge < -0.3 is 4.90 Å². The summed E-state index contributed by atoms with van der Waals surface area (Å²) in [5.41, 5.74) is 0. The van der Waals surface area contributed by atoms with Crippen LogP contribution in [0.5, 0.6) is 0 Å². The van der Waals surface area contributed by atoms with E-state index in [0.29, 0.717) is 0 Å². The Bertz CT molecular complexity index is 449. The molecule has 0 radical (unpaired) electrons. The summed E-state index contributed by atoms with van der Waals surface area (Å²) in [6.07, 6.45) is 2.65. The third-order valence-corrected chi connectivity index (χ3v) is 3.89. The molecule has 0 N–H and O–H groups in total. The summed E-state index contributed by atoms with van der Waals surface area (Å²) in [5, 5.41) is 0. The van der Waals surface area contributed by atoms with Crippen LogP contribution in [-0.2, 0) is 9.84 Å². The Balaban J connectivity index is 2.18. The van der Waals surface area contributed by atoms with Gasteiger partial charge in [0.25, 0.3) is 5.95 Å². The summed E-state index contributed by atoms with van der Waals surface area (Å²) in [5.74, 6) is -0.435. The quantitative estimate of drug-likeness (QED) is 0.672. The van der Waals surface area contributed by atoms with Gasteiger partial charge in [0.2, 0.25) is 0 Å². The van der Waals surface area contributed by atoms with Gasteiger partial charge in [0, 0.05) is 25.5 Å². The zero-order chi connectivity index (χ0) is 10.9. The second kappa shape index (κ2) is 3.73. The predicted octanol–water partition coefficient (Wildman–Crippen LogP) is -0.150. The summed E-state index contributed by atoms with van der Waals surface area (Å²) >= 11 is 0. The van der Waals surface area contributed by atoms with E-state index in [1.807, 2.05) is 0 Å². The lowest BCUT2D eigenvalue weighted by Gasteiger charge is -2.27. The van der Waals surface area contributed by atoms with Gasteiger partial charge in [0.05, 0.1) is 11.5 Å². The molecule has 0 unspecified atom stereocenters. The number of halogens is 1. The van der Waals surface area contributed by atoms with Crippen molar-refractivity contribution in [3.63, 3.8) is 0 Å². The highest BCUT2D eigenvalue weighted by Gasteiger charge is 2.24. The molecule has 0 atom stereocenters. The SMILES string of the molecule is O=S1(=O)CCN(c2nccnc2F)CC1.